The van der Waals surface area contributed by atoms with Crippen molar-refractivity contribution < 1.29 is 4.39 Å². The number of nitrogens with zero attached hydrogens (tertiary/aromatic N) is 2. The van der Waals surface area contributed by atoms with Gasteiger partial charge in [-0.1, -0.05) is 25.4 Å². The van der Waals surface area contributed by atoms with Gasteiger partial charge in [0.1, 0.15) is 11.6 Å². The Bertz CT molecular complexity index is 691. The number of rotatable bonds is 2. The van der Waals surface area contributed by atoms with E-state index in [4.69, 9.17) is 23.2 Å². The van der Waals surface area contributed by atoms with Crippen LogP contribution < -0.4 is 0 Å². The molecule has 21 heavy (non-hydrogen) atoms. The van der Waals surface area contributed by atoms with Gasteiger partial charge in [-0.25, -0.2) is 9.37 Å². The number of hydrogen-bond donors (Lipinski definition) is 0. The van der Waals surface area contributed by atoms with E-state index in [0.29, 0.717) is 17.0 Å². The normalized spacial score (nSPS) is 22.9. The van der Waals surface area contributed by atoms with Crippen LogP contribution in [0.1, 0.15) is 57.3 Å². The molecular formula is C16H19Cl2FN2. The molecule has 1 heterocycles. The Kier molecular flexibility index (Phi) is 3.69. The lowest BCUT2D eigenvalue weighted by Gasteiger charge is -2.21. The Hall–Kier alpha value is -0.800. The van der Waals surface area contributed by atoms with E-state index in [1.54, 1.807) is 6.07 Å². The van der Waals surface area contributed by atoms with Gasteiger partial charge in [0.05, 0.1) is 21.4 Å². The van der Waals surface area contributed by atoms with Crippen molar-refractivity contribution >= 4 is 34.2 Å². The Morgan fingerprint density at radius 2 is 2.14 bits per heavy atom. The van der Waals surface area contributed by atoms with Crippen LogP contribution in [0.25, 0.3) is 11.0 Å². The summed E-state index contributed by atoms with van der Waals surface area (Å²) < 4.78 is 16.0. The molecule has 0 bridgehead atoms. The van der Waals surface area contributed by atoms with Gasteiger partial charge >= 0.3 is 0 Å². The van der Waals surface area contributed by atoms with Crippen molar-refractivity contribution in [3.63, 3.8) is 0 Å². The molecule has 114 valence electrons. The molecule has 0 amide bonds. The quantitative estimate of drug-likeness (QED) is 0.629. The number of hydrogen-bond acceptors (Lipinski definition) is 1. The second-order valence-corrected chi connectivity index (χ2v) is 7.83. The molecule has 2 nitrogen and oxygen atoms in total. The van der Waals surface area contributed by atoms with Crippen molar-refractivity contribution in [3.8, 4) is 0 Å². The third-order valence-corrected chi connectivity index (χ3v) is 4.91. The van der Waals surface area contributed by atoms with Gasteiger partial charge in [-0.15, -0.1) is 11.6 Å². The van der Waals surface area contributed by atoms with E-state index < -0.39 is 5.82 Å². The average Bonchev–Trinajstić information content (AvgIpc) is 2.90. The lowest BCUT2D eigenvalue weighted by molar-refractivity contribution is 0.358. The summed E-state index contributed by atoms with van der Waals surface area (Å²) >= 11 is 12.2. The molecule has 5 heteroatoms. The van der Waals surface area contributed by atoms with Gasteiger partial charge in [0, 0.05) is 12.1 Å². The number of halogens is 3. The molecule has 0 N–H and O–H groups in total. The smallest absolute Gasteiger partial charge is 0.144 e. The van der Waals surface area contributed by atoms with Crippen molar-refractivity contribution in [1.82, 2.24) is 9.55 Å². The molecule has 0 aliphatic heterocycles. The molecule has 0 spiro atoms. The maximum atomic E-state index is 13.9. The summed E-state index contributed by atoms with van der Waals surface area (Å²) in [6.45, 7) is 6.44. The lowest BCUT2D eigenvalue weighted by atomic mass is 9.92. The second kappa shape index (κ2) is 5.13. The van der Waals surface area contributed by atoms with E-state index >= 15 is 0 Å². The van der Waals surface area contributed by atoms with Crippen LogP contribution in [0.2, 0.25) is 5.02 Å². The van der Waals surface area contributed by atoms with Crippen molar-refractivity contribution in [2.45, 2.75) is 51.5 Å². The van der Waals surface area contributed by atoms with Gasteiger partial charge in [0.25, 0.3) is 0 Å². The van der Waals surface area contributed by atoms with Crippen molar-refractivity contribution in [2.75, 3.05) is 0 Å². The van der Waals surface area contributed by atoms with Gasteiger partial charge in [-0.2, -0.15) is 0 Å². The Morgan fingerprint density at radius 3 is 2.71 bits per heavy atom. The van der Waals surface area contributed by atoms with Gasteiger partial charge in [0.2, 0.25) is 0 Å². The maximum Gasteiger partial charge on any atom is 0.144 e. The van der Waals surface area contributed by atoms with Gasteiger partial charge in [-0.05, 0) is 37.7 Å². The molecule has 0 radical (unpaired) electrons. The topological polar surface area (TPSA) is 17.8 Å². The number of benzene rings is 1. The standard InChI is InChI=1S/C16H19Cl2FN2/c1-9(17)15-20-13-6-11(18)12(19)7-14(13)21(15)10-4-5-16(2,3)8-10/h6-7,9-10H,4-5,8H2,1-3H3. The monoisotopic (exact) mass is 328 g/mol. The van der Waals surface area contributed by atoms with Crippen LogP contribution in [0.15, 0.2) is 12.1 Å². The van der Waals surface area contributed by atoms with Gasteiger partial charge < -0.3 is 4.57 Å². The zero-order chi connectivity index (χ0) is 15.4. The largest absolute Gasteiger partial charge is 0.324 e. The highest BCUT2D eigenvalue weighted by molar-refractivity contribution is 6.31. The Morgan fingerprint density at radius 1 is 1.43 bits per heavy atom. The van der Waals surface area contributed by atoms with Crippen LogP contribution in [0, 0.1) is 11.2 Å². The highest BCUT2D eigenvalue weighted by Crippen LogP contribution is 2.46. The summed E-state index contributed by atoms with van der Waals surface area (Å²) in [6.07, 6.45) is 3.28. The van der Waals surface area contributed by atoms with E-state index in [0.717, 1.165) is 30.6 Å². The van der Waals surface area contributed by atoms with Crippen LogP contribution in [0.4, 0.5) is 4.39 Å². The maximum absolute atomic E-state index is 13.9. The third-order valence-electron chi connectivity index (χ3n) is 4.42. The number of imidazole rings is 1. The molecule has 0 saturated heterocycles. The van der Waals surface area contributed by atoms with E-state index in [1.807, 2.05) is 6.92 Å². The fourth-order valence-electron chi connectivity index (χ4n) is 3.39. The van der Waals surface area contributed by atoms with Gasteiger partial charge in [-0.3, -0.25) is 0 Å². The molecule has 3 rings (SSSR count). The predicted molar refractivity (Wildman–Crippen MR) is 85.6 cm³/mol. The van der Waals surface area contributed by atoms with E-state index in [-0.39, 0.29) is 10.4 Å². The van der Waals surface area contributed by atoms with E-state index in [9.17, 15) is 4.39 Å². The Balaban J connectivity index is 2.19. The van der Waals surface area contributed by atoms with Crippen molar-refractivity contribution in [1.29, 1.82) is 0 Å². The molecule has 1 fully saturated rings. The molecule has 1 aliphatic carbocycles. The SMILES string of the molecule is CC(Cl)c1nc2cc(Cl)c(F)cc2n1C1CCC(C)(C)C1. The highest BCUT2D eigenvalue weighted by Gasteiger charge is 2.34. The first-order valence-corrected chi connectivity index (χ1v) is 8.11. The number of alkyl halides is 1. The second-order valence-electron chi connectivity index (χ2n) is 6.77. The van der Waals surface area contributed by atoms with Crippen molar-refractivity contribution in [2.24, 2.45) is 5.41 Å². The molecule has 1 aromatic heterocycles. The fraction of sp³-hybridized carbons (Fsp3) is 0.562. The summed E-state index contributed by atoms with van der Waals surface area (Å²) in [5.41, 5.74) is 1.81. The number of aromatic nitrogens is 2. The van der Waals surface area contributed by atoms with Crippen LogP contribution in [0.5, 0.6) is 0 Å². The zero-order valence-electron chi connectivity index (χ0n) is 12.5. The summed E-state index contributed by atoms with van der Waals surface area (Å²) in [4.78, 5) is 4.59. The molecule has 2 unspecified atom stereocenters. The molecule has 2 aromatic rings. The van der Waals surface area contributed by atoms with Gasteiger partial charge in [0.15, 0.2) is 0 Å². The third kappa shape index (κ3) is 2.66. The molecule has 1 saturated carbocycles. The molecular weight excluding hydrogens is 310 g/mol. The lowest BCUT2D eigenvalue weighted by Crippen LogP contribution is -2.12. The summed E-state index contributed by atoms with van der Waals surface area (Å²) in [5.74, 6) is 0.396. The minimum atomic E-state index is -0.406. The summed E-state index contributed by atoms with van der Waals surface area (Å²) in [5, 5.41) is -0.115. The molecule has 1 aromatic carbocycles. The average molecular weight is 329 g/mol. The molecule has 2 atom stereocenters. The molecule has 1 aliphatic rings. The van der Waals surface area contributed by atoms with Crippen LogP contribution in [0.3, 0.4) is 0 Å². The Labute approximate surface area is 134 Å². The minimum absolute atomic E-state index is 0.104. The van der Waals surface area contributed by atoms with E-state index in [1.165, 1.54) is 6.07 Å². The summed E-state index contributed by atoms with van der Waals surface area (Å²) in [6, 6.07) is 3.39. The first kappa shape index (κ1) is 15.1. The van der Waals surface area contributed by atoms with Crippen LogP contribution in [-0.4, -0.2) is 9.55 Å². The first-order valence-electron chi connectivity index (χ1n) is 7.29. The van der Waals surface area contributed by atoms with Crippen LogP contribution in [-0.2, 0) is 0 Å². The van der Waals surface area contributed by atoms with E-state index in [2.05, 4.69) is 23.4 Å². The zero-order valence-corrected chi connectivity index (χ0v) is 14.0. The predicted octanol–water partition coefficient (Wildman–Crippen LogP) is 5.88. The van der Waals surface area contributed by atoms with Crippen LogP contribution >= 0.6 is 23.2 Å². The fourth-order valence-corrected chi connectivity index (χ4v) is 3.70. The summed E-state index contributed by atoms with van der Waals surface area (Å²) in [7, 11) is 0. The highest BCUT2D eigenvalue weighted by atomic mass is 35.5. The van der Waals surface area contributed by atoms with Crippen molar-refractivity contribution in [3.05, 3.63) is 28.8 Å². The number of fused-ring (bicyclic) bond motifs is 1. The minimum Gasteiger partial charge on any atom is -0.324 e. The first-order chi connectivity index (χ1) is 9.78.